The van der Waals surface area contributed by atoms with Gasteiger partial charge < -0.3 is 9.84 Å². The van der Waals surface area contributed by atoms with Gasteiger partial charge in [-0.1, -0.05) is 194 Å². The smallest absolute Gasteiger partial charge is 0.416 e. The van der Waals surface area contributed by atoms with Gasteiger partial charge in [-0.15, -0.1) is 0 Å². The molecule has 0 saturated carbocycles. The van der Waals surface area contributed by atoms with Gasteiger partial charge in [-0.2, -0.15) is 39.5 Å². The van der Waals surface area contributed by atoms with Crippen molar-refractivity contribution in [3.63, 3.8) is 0 Å². The molecule has 8 rings (SSSR count). The summed E-state index contributed by atoms with van der Waals surface area (Å²) in [6.45, 7) is 35.7. The highest BCUT2D eigenvalue weighted by Gasteiger charge is 2.34. The van der Waals surface area contributed by atoms with E-state index in [1.165, 1.54) is 59.7 Å². The van der Waals surface area contributed by atoms with Crippen molar-refractivity contribution < 1.29 is 72.9 Å². The van der Waals surface area contributed by atoms with E-state index in [1.807, 2.05) is 92.6 Å². The number of aryl methyl sites for hydroxylation is 2. The average Bonchev–Trinajstić information content (AvgIpc) is 0.828. The average molecular weight is 1430 g/mol. The topological polar surface area (TPSA) is 83.5 Å². The number of rotatable bonds is 10. The molecule has 0 fully saturated rings. The highest BCUT2D eigenvalue weighted by atomic mass is 35.5. The molecule has 8 aromatic rings. The van der Waals surface area contributed by atoms with Gasteiger partial charge in [0.1, 0.15) is 23.1 Å². The first-order valence-electron chi connectivity index (χ1n) is 31.4. The number of methoxy groups -OCH3 is 1. The predicted octanol–water partition coefficient (Wildman–Crippen LogP) is 26.0. The number of carboxylic acid groups (broad SMARTS) is 1. The Bertz CT molecular complexity index is 3520. The summed E-state index contributed by atoms with van der Waals surface area (Å²) in [5.74, 6) is 2.04. The largest absolute Gasteiger partial charge is 0.497 e. The van der Waals surface area contributed by atoms with Crippen LogP contribution in [0.4, 0.5) is 48.3 Å². The number of benzene rings is 6. The summed E-state index contributed by atoms with van der Waals surface area (Å²) in [6.07, 6.45) is -7.96. The van der Waals surface area contributed by atoms with Crippen LogP contribution in [0.1, 0.15) is 241 Å². The Kier molecular flexibility index (Phi) is 37.3. The van der Waals surface area contributed by atoms with E-state index >= 15 is 0 Å². The molecule has 97 heavy (non-hydrogen) atoms. The predicted molar refractivity (Wildman–Crippen MR) is 372 cm³/mol. The number of halogens is 14. The zero-order valence-corrected chi connectivity index (χ0v) is 60.8. The number of carboxylic acids is 1. The van der Waals surface area contributed by atoms with Crippen molar-refractivity contribution >= 4 is 40.8 Å². The number of aromatic nitrogens is 2. The van der Waals surface area contributed by atoms with Crippen LogP contribution in [0.15, 0.2) is 158 Å². The van der Waals surface area contributed by atoms with Gasteiger partial charge in [0.25, 0.3) is 0 Å². The minimum absolute atomic E-state index is 0.0967. The van der Waals surface area contributed by atoms with E-state index < -0.39 is 41.2 Å². The van der Waals surface area contributed by atoms with Gasteiger partial charge >= 0.3 is 24.5 Å². The van der Waals surface area contributed by atoms with Crippen molar-refractivity contribution in [3.05, 3.63) is 263 Å². The number of carbonyl (C=O) groups is 1. The zero-order chi connectivity index (χ0) is 74.6. The number of hydrogen-bond donors (Lipinski definition) is 2. The lowest BCUT2D eigenvalue weighted by Crippen LogP contribution is -2.28. The molecular formula is C77H93Cl3F11N2O4+. The van der Waals surface area contributed by atoms with Gasteiger partial charge in [0.15, 0.2) is 0 Å². The second kappa shape index (κ2) is 41.3. The Balaban J connectivity index is 0.000000556. The van der Waals surface area contributed by atoms with Crippen LogP contribution < -0.4 is 9.47 Å². The van der Waals surface area contributed by atoms with Crippen molar-refractivity contribution in [1.29, 1.82) is 0 Å². The summed E-state index contributed by atoms with van der Waals surface area (Å²) in [5.41, 5.74) is 7.69. The second-order valence-corrected chi connectivity index (χ2v) is 26.3. The Morgan fingerprint density at radius 3 is 1.21 bits per heavy atom. The van der Waals surface area contributed by atoms with E-state index in [0.29, 0.717) is 40.2 Å². The normalized spacial score (nSPS) is 11.2. The standard InChI is InChI=1S/C11H13F3.2C10H10ClF3.C10H13F.C10H14O.C9H10ClF.C9H11NO2.C8H12NO/c1-7(2)10-5-4-9(6-8(10)3)11(12,13)14;1-6(2)8-4-3-7(11)5-9(8)10(12,13)14;1-6(2)8-4-3-7(5-9(8)11)10(12,13)14;1-7(2)10-5-4-9(11)6-8(10)3;1-8(2)9-4-6-10(11-3)7-5-9;1-6(2)8-4-3-7(11)5-9(8)10;1-6(2)7-3-4-8(9(11)12)10-5-7;1-7(2)8-4-3-5-9(10)6-8/h4-7H,1-3H3;2*3-6H,1-2H3;4-7H,1-3H3;4-8H,1-3H3;3-6H,1-2H3;3-6H,1-2H3,(H,11,12);3-7,10H,1-2H3/q;;;;;;;+1. The Morgan fingerprint density at radius 1 is 0.454 bits per heavy atom. The monoisotopic (exact) mass is 1420 g/mol. The number of nitrogens with zero attached hydrogens (tertiary/aromatic N) is 2. The van der Waals surface area contributed by atoms with E-state index in [9.17, 15) is 53.1 Å². The van der Waals surface area contributed by atoms with Crippen molar-refractivity contribution in [2.24, 2.45) is 0 Å². The summed E-state index contributed by atoms with van der Waals surface area (Å²) in [7, 11) is 1.68. The minimum Gasteiger partial charge on any atom is -0.497 e. The molecule has 0 atom stereocenters. The van der Waals surface area contributed by atoms with Crippen LogP contribution in [0.5, 0.6) is 5.75 Å². The molecule has 0 aliphatic carbocycles. The summed E-state index contributed by atoms with van der Waals surface area (Å²) in [6, 6.07) is 36.0. The number of ether oxygens (including phenoxy) is 1. The fourth-order valence-corrected chi connectivity index (χ4v) is 9.85. The SMILES string of the molecule is CC(C)c1ccc(C(=O)O)nc1.CC(C)c1ccc(C(F)(F)F)cc1Cl.CC(C)c1ccc(Cl)cc1C(F)(F)F.CC(C)c1ccc(F)cc1Cl.CC(C)c1ccc[n+](O)c1.COc1ccc(C(C)C)cc1.Cc1cc(C(F)(F)F)ccc1C(C)C.Cc1cc(F)ccc1C(C)C. The maximum atomic E-state index is 12.6. The van der Waals surface area contributed by atoms with E-state index in [4.69, 9.17) is 49.9 Å². The lowest BCUT2D eigenvalue weighted by molar-refractivity contribution is -0.905. The fraction of sp³-hybridized carbons (Fsp3) is 0.390. The molecule has 0 spiro atoms. The van der Waals surface area contributed by atoms with E-state index in [2.05, 4.69) is 58.7 Å². The number of hydrogen-bond acceptors (Lipinski definition) is 4. The highest BCUT2D eigenvalue weighted by Crippen LogP contribution is 2.38. The van der Waals surface area contributed by atoms with Crippen LogP contribution in [-0.4, -0.2) is 28.4 Å². The Labute approximate surface area is 581 Å². The number of pyridine rings is 2. The number of alkyl halides is 9. The van der Waals surface area contributed by atoms with Crippen molar-refractivity contribution in [1.82, 2.24) is 4.98 Å². The summed E-state index contributed by atoms with van der Waals surface area (Å²) in [4.78, 5) is 14.2. The van der Waals surface area contributed by atoms with Gasteiger partial charge in [-0.3, -0.25) is 5.21 Å². The van der Waals surface area contributed by atoms with E-state index in [1.54, 1.807) is 70.7 Å². The van der Waals surface area contributed by atoms with E-state index in [-0.39, 0.29) is 50.7 Å². The minimum atomic E-state index is -4.33. The Hall–Kier alpha value is -7.21. The molecule has 0 aliphatic rings. The van der Waals surface area contributed by atoms with Crippen LogP contribution in [0.25, 0.3) is 0 Å². The fourth-order valence-electron chi connectivity index (χ4n) is 8.89. The summed E-state index contributed by atoms with van der Waals surface area (Å²) in [5, 5.41) is 18.3. The molecule has 2 N–H and O–H groups in total. The molecule has 0 aliphatic heterocycles. The van der Waals surface area contributed by atoms with Gasteiger partial charge in [0, 0.05) is 37.6 Å². The van der Waals surface area contributed by atoms with Crippen molar-refractivity contribution in [3.8, 4) is 5.75 Å². The first kappa shape index (κ1) is 87.8. The molecule has 20 heteroatoms. The first-order valence-corrected chi connectivity index (χ1v) is 32.5. The van der Waals surface area contributed by atoms with Gasteiger partial charge in [-0.05, 0) is 196 Å². The van der Waals surface area contributed by atoms with E-state index in [0.717, 1.165) is 68.1 Å². The Morgan fingerprint density at radius 2 is 0.856 bits per heavy atom. The van der Waals surface area contributed by atoms with Crippen molar-refractivity contribution in [2.75, 3.05) is 7.11 Å². The third kappa shape index (κ3) is 32.3. The third-order valence-corrected chi connectivity index (χ3v) is 15.4. The zero-order valence-electron chi connectivity index (χ0n) is 58.5. The first-order chi connectivity index (χ1) is 44.7. The molecular weight excluding hydrogens is 1330 g/mol. The lowest BCUT2D eigenvalue weighted by Gasteiger charge is -2.15. The number of aromatic carboxylic acids is 1. The molecule has 2 heterocycles. The van der Waals surface area contributed by atoms with Gasteiger partial charge in [0.2, 0.25) is 12.4 Å². The highest BCUT2D eigenvalue weighted by molar-refractivity contribution is 6.32. The maximum absolute atomic E-state index is 12.6. The molecule has 0 bridgehead atoms. The molecule has 6 nitrogen and oxygen atoms in total. The molecule has 0 saturated heterocycles. The van der Waals surface area contributed by atoms with Crippen LogP contribution in [0.3, 0.4) is 0 Å². The van der Waals surface area contributed by atoms with Crippen LogP contribution in [-0.2, 0) is 18.5 Å². The second-order valence-electron chi connectivity index (χ2n) is 25.0. The van der Waals surface area contributed by atoms with Crippen LogP contribution >= 0.6 is 34.8 Å². The van der Waals surface area contributed by atoms with Crippen molar-refractivity contribution in [2.45, 2.75) is 190 Å². The summed E-state index contributed by atoms with van der Waals surface area (Å²) >= 11 is 17.0. The van der Waals surface area contributed by atoms with Gasteiger partial charge in [0.05, 0.1) is 23.8 Å². The molecule has 6 aromatic carbocycles. The molecule has 0 amide bonds. The maximum Gasteiger partial charge on any atom is 0.416 e. The molecule has 532 valence electrons. The molecule has 0 radical (unpaired) electrons. The summed E-state index contributed by atoms with van der Waals surface area (Å²) < 4.78 is 142. The van der Waals surface area contributed by atoms with Gasteiger partial charge in [-0.25, -0.2) is 18.6 Å². The third-order valence-electron chi connectivity index (χ3n) is 14.5. The quantitative estimate of drug-likeness (QED) is 0.0810. The molecule has 2 aromatic heterocycles. The lowest BCUT2D eigenvalue weighted by atomic mass is 9.96. The van der Waals surface area contributed by atoms with Crippen LogP contribution in [0, 0.1) is 25.5 Å². The molecule has 0 unspecified atom stereocenters. The van der Waals surface area contributed by atoms with Crippen LogP contribution in [0.2, 0.25) is 15.1 Å².